The van der Waals surface area contributed by atoms with Crippen LogP contribution in [0.25, 0.3) is 0 Å². The molecule has 3 aromatic rings. The molecular formula is C38H45O4Si. The zero-order chi connectivity index (χ0) is 31.2. The fourth-order valence-corrected chi connectivity index (χ4v) is 7.08. The van der Waals surface area contributed by atoms with Crippen LogP contribution in [-0.4, -0.2) is 22.1 Å². The number of ether oxygens (including phenoxy) is 1. The van der Waals surface area contributed by atoms with E-state index in [4.69, 9.17) is 9.46 Å². The van der Waals surface area contributed by atoms with Gasteiger partial charge in [-0.2, -0.15) is 0 Å². The molecule has 3 rings (SSSR count). The van der Waals surface area contributed by atoms with Crippen LogP contribution < -0.4 is 15.3 Å². The maximum Gasteiger partial charge on any atom is 0.384 e. The van der Waals surface area contributed by atoms with Crippen molar-refractivity contribution < 1.29 is 19.0 Å². The molecule has 0 saturated carbocycles. The topological polar surface area (TPSA) is 44.8 Å². The molecule has 43 heavy (non-hydrogen) atoms. The van der Waals surface area contributed by atoms with Crippen molar-refractivity contribution in [2.45, 2.75) is 91.9 Å². The first kappa shape index (κ1) is 33.7. The predicted molar refractivity (Wildman–Crippen MR) is 178 cm³/mol. The summed E-state index contributed by atoms with van der Waals surface area (Å²) in [6.07, 6.45) is 6.06. The van der Waals surface area contributed by atoms with E-state index < -0.39 is 15.0 Å². The van der Waals surface area contributed by atoms with Crippen LogP contribution in [0.3, 0.4) is 0 Å². The molecule has 5 heteroatoms. The van der Waals surface area contributed by atoms with E-state index in [1.807, 2.05) is 12.1 Å². The lowest BCUT2D eigenvalue weighted by Gasteiger charge is -2.29. The highest BCUT2D eigenvalue weighted by Crippen LogP contribution is 2.40. The summed E-state index contributed by atoms with van der Waals surface area (Å²) in [7, 11) is -0.278. The number of esters is 1. The summed E-state index contributed by atoms with van der Waals surface area (Å²) in [6.45, 7) is 13.4. The Morgan fingerprint density at radius 2 is 1.30 bits per heavy atom. The van der Waals surface area contributed by atoms with Gasteiger partial charge in [-0.3, -0.25) is 0 Å². The highest BCUT2D eigenvalue weighted by Gasteiger charge is 2.28. The standard InChI is InChI=1S/C38H45O4Si/c1-29-30(2)37(41-42-43(32-23-17-15-18-24-32)33-25-19-16-20-26-33)34(31(3)36(29)38(4,5)6)27-21-13-11-9-8-10-12-14-22-28-35(39)40-7/h15-20,23-26H,10-14,21,27H2,1-7H3. The van der Waals surface area contributed by atoms with Gasteiger partial charge in [0.05, 0.1) is 7.11 Å². The quantitative estimate of drug-likeness (QED) is 0.0453. The molecule has 0 bridgehead atoms. The molecular weight excluding hydrogens is 549 g/mol. The molecule has 225 valence electrons. The van der Waals surface area contributed by atoms with Gasteiger partial charge >= 0.3 is 15.0 Å². The Hall–Kier alpha value is -3.77. The van der Waals surface area contributed by atoms with Crippen LogP contribution in [0.4, 0.5) is 0 Å². The van der Waals surface area contributed by atoms with Crippen LogP contribution in [0.15, 0.2) is 60.7 Å². The Morgan fingerprint density at radius 1 is 0.744 bits per heavy atom. The van der Waals surface area contributed by atoms with Gasteiger partial charge in [-0.1, -0.05) is 87.4 Å². The highest BCUT2D eigenvalue weighted by atomic mass is 28.3. The number of rotatable bonds is 11. The van der Waals surface area contributed by atoms with Gasteiger partial charge in [0.15, 0.2) is 5.75 Å². The lowest BCUT2D eigenvalue weighted by Crippen LogP contribution is -2.45. The van der Waals surface area contributed by atoms with Crippen molar-refractivity contribution in [3.8, 4) is 29.4 Å². The van der Waals surface area contributed by atoms with Crippen LogP contribution in [0.2, 0.25) is 0 Å². The predicted octanol–water partition coefficient (Wildman–Crippen LogP) is 7.09. The van der Waals surface area contributed by atoms with Gasteiger partial charge in [-0.05, 0) is 84.5 Å². The van der Waals surface area contributed by atoms with Crippen LogP contribution in [-0.2, 0) is 25.9 Å². The minimum absolute atomic E-state index is 0.0167. The third kappa shape index (κ3) is 9.89. The van der Waals surface area contributed by atoms with Gasteiger partial charge < -0.3 is 9.62 Å². The van der Waals surface area contributed by atoms with Crippen LogP contribution in [0, 0.1) is 44.5 Å². The SMILES string of the molecule is COC(=O)C#CCCCC#CCCCCc1c(C)c(C(C)(C)C)c(C)c(C)c1OO[Si](c1ccccc1)c1ccccc1. The number of unbranched alkanes of at least 4 members (excludes halogenated alkanes) is 4. The van der Waals surface area contributed by atoms with Crippen LogP contribution >= 0.6 is 0 Å². The van der Waals surface area contributed by atoms with E-state index in [-0.39, 0.29) is 5.41 Å². The second-order valence-electron chi connectivity index (χ2n) is 11.7. The molecule has 0 fully saturated rings. The van der Waals surface area contributed by atoms with E-state index in [2.05, 4.69) is 118 Å². The average Bonchev–Trinajstić information content (AvgIpc) is 2.99. The third-order valence-corrected chi connectivity index (χ3v) is 9.46. The fourth-order valence-electron chi connectivity index (χ4n) is 5.39. The van der Waals surface area contributed by atoms with Crippen LogP contribution in [0.5, 0.6) is 5.75 Å². The Kier molecular flexibility index (Phi) is 13.1. The van der Waals surface area contributed by atoms with Crippen LogP contribution in [0.1, 0.15) is 87.1 Å². The summed E-state index contributed by atoms with van der Waals surface area (Å²) in [5, 5.41) is 2.29. The van der Waals surface area contributed by atoms with Crippen molar-refractivity contribution >= 4 is 25.4 Å². The third-order valence-electron chi connectivity index (χ3n) is 7.49. The van der Waals surface area contributed by atoms with Crippen molar-refractivity contribution in [2.75, 3.05) is 7.11 Å². The van der Waals surface area contributed by atoms with E-state index >= 15 is 0 Å². The Labute approximate surface area is 260 Å². The zero-order valence-electron chi connectivity index (χ0n) is 26.9. The molecule has 0 spiro atoms. The number of methoxy groups -OCH3 is 1. The summed E-state index contributed by atoms with van der Waals surface area (Å²) in [5.41, 5.74) is 6.34. The Balaban J connectivity index is 1.75. The second kappa shape index (κ2) is 16.8. The van der Waals surface area contributed by atoms with E-state index in [9.17, 15) is 4.79 Å². The van der Waals surface area contributed by atoms with Gasteiger partial charge in [0.25, 0.3) is 0 Å². The maximum atomic E-state index is 11.0. The van der Waals surface area contributed by atoms with E-state index in [1.165, 1.54) is 29.4 Å². The smallest absolute Gasteiger partial charge is 0.384 e. The number of hydrogen-bond donors (Lipinski definition) is 0. The minimum Gasteiger partial charge on any atom is -0.459 e. The van der Waals surface area contributed by atoms with Crippen molar-refractivity contribution in [2.24, 2.45) is 0 Å². The molecule has 0 heterocycles. The highest BCUT2D eigenvalue weighted by molar-refractivity contribution is 6.79. The lowest BCUT2D eigenvalue weighted by atomic mass is 9.77. The largest absolute Gasteiger partial charge is 0.459 e. The first-order valence-corrected chi connectivity index (χ1v) is 16.5. The molecule has 0 saturated heterocycles. The first-order chi connectivity index (χ1) is 20.6. The molecule has 0 unspecified atom stereocenters. The summed E-state index contributed by atoms with van der Waals surface area (Å²) in [6, 6.07) is 20.7. The van der Waals surface area contributed by atoms with E-state index in [1.54, 1.807) is 0 Å². The molecule has 4 nitrogen and oxygen atoms in total. The van der Waals surface area contributed by atoms with Crippen molar-refractivity contribution in [3.63, 3.8) is 0 Å². The van der Waals surface area contributed by atoms with Gasteiger partial charge in [-0.25, -0.2) is 9.37 Å². The van der Waals surface area contributed by atoms with E-state index in [0.717, 1.165) is 60.2 Å². The summed E-state index contributed by atoms with van der Waals surface area (Å²) in [4.78, 5) is 17.5. The molecule has 0 aliphatic heterocycles. The van der Waals surface area contributed by atoms with Gasteiger partial charge in [0.2, 0.25) is 0 Å². The van der Waals surface area contributed by atoms with Crippen molar-refractivity contribution in [1.82, 2.24) is 0 Å². The summed E-state index contributed by atoms with van der Waals surface area (Å²) in [5.74, 6) is 12.2. The van der Waals surface area contributed by atoms with E-state index in [0.29, 0.717) is 6.42 Å². The van der Waals surface area contributed by atoms with Crippen molar-refractivity contribution in [1.29, 1.82) is 0 Å². The van der Waals surface area contributed by atoms with Gasteiger partial charge in [0, 0.05) is 30.7 Å². The number of carbonyl (C=O) groups excluding carboxylic acids is 1. The number of carbonyl (C=O) groups is 1. The Morgan fingerprint density at radius 3 is 1.86 bits per heavy atom. The molecule has 0 atom stereocenters. The Bertz CT molecular complexity index is 1430. The maximum absolute atomic E-state index is 11.0. The lowest BCUT2D eigenvalue weighted by molar-refractivity contribution is -0.133. The van der Waals surface area contributed by atoms with Crippen molar-refractivity contribution in [3.05, 3.63) is 88.5 Å². The molecule has 0 N–H and O–H groups in total. The number of benzene rings is 3. The molecule has 1 radical (unpaired) electrons. The monoisotopic (exact) mass is 593 g/mol. The number of hydrogen-bond acceptors (Lipinski definition) is 4. The molecule has 3 aromatic carbocycles. The molecule has 0 aliphatic carbocycles. The molecule has 0 amide bonds. The normalized spacial score (nSPS) is 10.9. The minimum atomic E-state index is -1.61. The fraction of sp³-hybridized carbons (Fsp3) is 0.395. The first-order valence-electron chi connectivity index (χ1n) is 15.1. The summed E-state index contributed by atoms with van der Waals surface area (Å²) >= 11 is 0. The molecule has 0 aliphatic rings. The average molecular weight is 594 g/mol. The van der Waals surface area contributed by atoms with Gasteiger partial charge in [-0.15, -0.1) is 11.8 Å². The zero-order valence-corrected chi connectivity index (χ0v) is 27.9. The second-order valence-corrected chi connectivity index (χ2v) is 13.7. The molecule has 0 aromatic heterocycles. The van der Waals surface area contributed by atoms with Gasteiger partial charge in [0.1, 0.15) is 0 Å². The summed E-state index contributed by atoms with van der Waals surface area (Å²) < 4.78 is 10.9.